The molecule has 0 radical (unpaired) electrons. The van der Waals surface area contributed by atoms with Crippen molar-refractivity contribution in [1.82, 2.24) is 5.32 Å². The summed E-state index contributed by atoms with van der Waals surface area (Å²) in [6.07, 6.45) is 3.93. The monoisotopic (exact) mass is 267 g/mol. The van der Waals surface area contributed by atoms with Crippen molar-refractivity contribution in [1.29, 1.82) is 0 Å². The fourth-order valence-corrected chi connectivity index (χ4v) is 3.99. The topological polar surface area (TPSA) is 21.3 Å². The van der Waals surface area contributed by atoms with Gasteiger partial charge in [0.1, 0.15) is 0 Å². The van der Waals surface area contributed by atoms with Crippen molar-refractivity contribution in [2.45, 2.75) is 52.2 Å². The fraction of sp³-hybridized carbons (Fsp3) is 0.733. The molecule has 3 atom stereocenters. The number of thiophene rings is 1. The van der Waals surface area contributed by atoms with E-state index in [0.717, 1.165) is 19.6 Å². The third-order valence-electron chi connectivity index (χ3n) is 3.89. The van der Waals surface area contributed by atoms with Crippen LogP contribution < -0.4 is 5.32 Å². The highest BCUT2D eigenvalue weighted by Gasteiger charge is 2.35. The molecule has 1 saturated heterocycles. The van der Waals surface area contributed by atoms with E-state index in [1.807, 2.05) is 11.3 Å². The van der Waals surface area contributed by atoms with Gasteiger partial charge in [0.15, 0.2) is 0 Å². The van der Waals surface area contributed by atoms with Gasteiger partial charge in [0.05, 0.1) is 6.10 Å². The number of hydrogen-bond donors (Lipinski definition) is 1. The molecule has 102 valence electrons. The molecule has 18 heavy (non-hydrogen) atoms. The van der Waals surface area contributed by atoms with Gasteiger partial charge in [0.2, 0.25) is 0 Å². The minimum Gasteiger partial charge on any atom is -0.378 e. The van der Waals surface area contributed by atoms with Gasteiger partial charge in [-0.05, 0) is 49.7 Å². The number of nitrogens with one attached hydrogen (secondary N) is 1. The van der Waals surface area contributed by atoms with Crippen molar-refractivity contribution in [2.24, 2.45) is 5.92 Å². The molecule has 1 aromatic rings. The smallest absolute Gasteiger partial charge is 0.0620 e. The van der Waals surface area contributed by atoms with Crippen molar-refractivity contribution >= 4 is 11.3 Å². The molecule has 2 rings (SSSR count). The maximum atomic E-state index is 5.88. The average Bonchev–Trinajstić information content (AvgIpc) is 2.99. The molecule has 3 unspecified atom stereocenters. The molecule has 0 aromatic carbocycles. The second-order valence-electron chi connectivity index (χ2n) is 5.17. The van der Waals surface area contributed by atoms with Gasteiger partial charge in [0, 0.05) is 23.4 Å². The minimum atomic E-state index is 0.431. The number of aryl methyl sites for hydroxylation is 1. The first kappa shape index (κ1) is 14.0. The van der Waals surface area contributed by atoms with Crippen molar-refractivity contribution in [2.75, 3.05) is 13.2 Å². The number of hydrogen-bond acceptors (Lipinski definition) is 3. The zero-order valence-electron chi connectivity index (χ0n) is 11.7. The van der Waals surface area contributed by atoms with E-state index in [1.54, 1.807) is 0 Å². The van der Waals surface area contributed by atoms with Gasteiger partial charge in [-0.15, -0.1) is 11.3 Å². The largest absolute Gasteiger partial charge is 0.378 e. The van der Waals surface area contributed by atoms with Crippen LogP contribution >= 0.6 is 11.3 Å². The second-order valence-corrected chi connectivity index (χ2v) is 6.12. The van der Waals surface area contributed by atoms with Gasteiger partial charge >= 0.3 is 0 Å². The quantitative estimate of drug-likeness (QED) is 0.843. The Balaban J connectivity index is 2.17. The third-order valence-corrected chi connectivity index (χ3v) is 4.99. The van der Waals surface area contributed by atoms with Crippen molar-refractivity contribution in [3.63, 3.8) is 0 Å². The molecule has 0 aliphatic carbocycles. The second kappa shape index (κ2) is 6.69. The number of rotatable bonds is 6. The predicted octanol–water partition coefficient (Wildman–Crippen LogP) is 3.91. The maximum absolute atomic E-state index is 5.88. The lowest BCUT2D eigenvalue weighted by atomic mass is 9.89. The Morgan fingerprint density at radius 2 is 2.33 bits per heavy atom. The summed E-state index contributed by atoms with van der Waals surface area (Å²) in [5.41, 5.74) is 1.43. The average molecular weight is 267 g/mol. The molecule has 1 aliphatic rings. The molecule has 2 nitrogen and oxygen atoms in total. The molecule has 0 saturated carbocycles. The molecule has 1 aromatic heterocycles. The van der Waals surface area contributed by atoms with Crippen LogP contribution in [0, 0.1) is 12.8 Å². The van der Waals surface area contributed by atoms with Gasteiger partial charge in [0.25, 0.3) is 0 Å². The Kier molecular flexibility index (Phi) is 5.22. The summed E-state index contributed by atoms with van der Waals surface area (Å²) in [5.74, 6) is 0.638. The summed E-state index contributed by atoms with van der Waals surface area (Å²) in [5, 5.41) is 5.96. The van der Waals surface area contributed by atoms with Gasteiger partial charge < -0.3 is 10.1 Å². The van der Waals surface area contributed by atoms with Crippen LogP contribution in [0.25, 0.3) is 0 Å². The van der Waals surface area contributed by atoms with E-state index in [-0.39, 0.29) is 0 Å². The van der Waals surface area contributed by atoms with Crippen LogP contribution in [0.3, 0.4) is 0 Å². The molecular formula is C15H25NOS. The van der Waals surface area contributed by atoms with E-state index >= 15 is 0 Å². The van der Waals surface area contributed by atoms with Crippen molar-refractivity contribution in [3.05, 3.63) is 21.9 Å². The Morgan fingerprint density at radius 3 is 2.94 bits per heavy atom. The van der Waals surface area contributed by atoms with E-state index in [9.17, 15) is 0 Å². The first-order chi connectivity index (χ1) is 8.77. The van der Waals surface area contributed by atoms with Gasteiger partial charge in [-0.2, -0.15) is 0 Å². The van der Waals surface area contributed by atoms with E-state index in [1.165, 1.54) is 23.3 Å². The summed E-state index contributed by atoms with van der Waals surface area (Å²) >= 11 is 1.89. The summed E-state index contributed by atoms with van der Waals surface area (Å²) in [6, 6.07) is 2.72. The first-order valence-electron chi connectivity index (χ1n) is 7.16. The van der Waals surface area contributed by atoms with Gasteiger partial charge in [-0.3, -0.25) is 0 Å². The summed E-state index contributed by atoms with van der Waals surface area (Å²) in [6.45, 7) is 8.71. The third kappa shape index (κ3) is 2.95. The van der Waals surface area contributed by atoms with Crippen LogP contribution in [0.1, 0.15) is 49.6 Å². The normalized spacial score (nSPS) is 25.5. The van der Waals surface area contributed by atoms with Gasteiger partial charge in [-0.25, -0.2) is 0 Å². The highest BCUT2D eigenvalue weighted by Crippen LogP contribution is 2.38. The molecule has 0 amide bonds. The highest BCUT2D eigenvalue weighted by molar-refractivity contribution is 7.10. The summed E-state index contributed by atoms with van der Waals surface area (Å²) in [7, 11) is 0. The molecule has 3 heteroatoms. The molecule has 0 bridgehead atoms. The molecule has 0 spiro atoms. The summed E-state index contributed by atoms with van der Waals surface area (Å²) in [4.78, 5) is 1.51. The lowest BCUT2D eigenvalue weighted by Gasteiger charge is -2.28. The first-order valence-corrected chi connectivity index (χ1v) is 8.04. The summed E-state index contributed by atoms with van der Waals surface area (Å²) < 4.78 is 5.88. The lowest BCUT2D eigenvalue weighted by Crippen LogP contribution is -2.33. The van der Waals surface area contributed by atoms with Crippen LogP contribution in [-0.2, 0) is 4.74 Å². The molecule has 1 fully saturated rings. The zero-order chi connectivity index (χ0) is 13.0. The standard InChI is InChI=1S/C15H25NOS/c1-4-8-16-14(15-11(3)7-10-18-15)12-6-9-17-13(12)5-2/h7,10,12-14,16H,4-6,8-9H2,1-3H3. The Hall–Kier alpha value is -0.380. The highest BCUT2D eigenvalue weighted by atomic mass is 32.1. The van der Waals surface area contributed by atoms with Crippen LogP contribution in [0.5, 0.6) is 0 Å². The maximum Gasteiger partial charge on any atom is 0.0620 e. The van der Waals surface area contributed by atoms with Crippen molar-refractivity contribution in [3.8, 4) is 0 Å². The molecular weight excluding hydrogens is 242 g/mol. The van der Waals surface area contributed by atoms with E-state index in [0.29, 0.717) is 18.1 Å². The SMILES string of the molecule is CCCNC(c1sccc1C)C1CCOC1CC. The molecule has 1 aliphatic heterocycles. The Morgan fingerprint density at radius 1 is 1.50 bits per heavy atom. The van der Waals surface area contributed by atoms with Crippen LogP contribution in [0.2, 0.25) is 0 Å². The van der Waals surface area contributed by atoms with Gasteiger partial charge in [-0.1, -0.05) is 13.8 Å². The van der Waals surface area contributed by atoms with Crippen molar-refractivity contribution < 1.29 is 4.74 Å². The number of ether oxygens (including phenoxy) is 1. The Bertz CT molecular complexity index is 363. The van der Waals surface area contributed by atoms with Crippen LogP contribution in [0.4, 0.5) is 0 Å². The van der Waals surface area contributed by atoms with Crippen LogP contribution in [-0.4, -0.2) is 19.3 Å². The molecule has 2 heterocycles. The van der Waals surface area contributed by atoms with E-state index in [4.69, 9.17) is 4.74 Å². The fourth-order valence-electron chi connectivity index (χ4n) is 2.91. The minimum absolute atomic E-state index is 0.431. The van der Waals surface area contributed by atoms with E-state index < -0.39 is 0 Å². The molecule has 1 N–H and O–H groups in total. The van der Waals surface area contributed by atoms with Crippen LogP contribution in [0.15, 0.2) is 11.4 Å². The predicted molar refractivity (Wildman–Crippen MR) is 78.2 cm³/mol. The lowest BCUT2D eigenvalue weighted by molar-refractivity contribution is 0.0777. The zero-order valence-corrected chi connectivity index (χ0v) is 12.6. The van der Waals surface area contributed by atoms with E-state index in [2.05, 4.69) is 37.5 Å². The Labute approximate surface area is 115 Å².